The van der Waals surface area contributed by atoms with Crippen molar-refractivity contribution in [1.82, 2.24) is 9.47 Å². The van der Waals surface area contributed by atoms with Crippen molar-refractivity contribution in [2.45, 2.75) is 20.0 Å². The lowest BCUT2D eigenvalue weighted by atomic mass is 10.1. The molecule has 0 atom stereocenters. The molecule has 2 heterocycles. The molecular formula is C28H20IN3O2S. The number of benzene rings is 3. The van der Waals surface area contributed by atoms with Crippen LogP contribution in [-0.2, 0) is 17.9 Å². The zero-order valence-corrected chi connectivity index (χ0v) is 21.8. The van der Waals surface area contributed by atoms with Crippen LogP contribution in [0.15, 0.2) is 77.7 Å². The molecule has 0 aliphatic carbocycles. The van der Waals surface area contributed by atoms with Crippen LogP contribution in [0.1, 0.15) is 27.9 Å². The topological polar surface area (TPSA) is 66.1 Å². The number of halogens is 1. The molecule has 0 N–H and O–H groups in total. The first-order valence-corrected chi connectivity index (χ1v) is 12.9. The average Bonchev–Trinajstić information content (AvgIpc) is 3.29. The third-order valence-electron chi connectivity index (χ3n) is 6.15. The van der Waals surface area contributed by atoms with Crippen LogP contribution in [0.4, 0.5) is 4.79 Å². The number of rotatable bonds is 5. The van der Waals surface area contributed by atoms with E-state index < -0.39 is 0 Å². The number of fused-ring (bicyclic) bond motifs is 1. The van der Waals surface area contributed by atoms with E-state index in [0.717, 1.165) is 48.6 Å². The average molecular weight is 589 g/mol. The number of hydrogen-bond donors (Lipinski definition) is 0. The van der Waals surface area contributed by atoms with E-state index in [2.05, 4.69) is 33.2 Å². The largest absolute Gasteiger partial charge is 0.340 e. The number of hydrogen-bond acceptors (Lipinski definition) is 4. The number of thioether (sulfide) groups is 1. The van der Waals surface area contributed by atoms with E-state index in [4.69, 9.17) is 0 Å². The normalized spacial score (nSPS) is 14.8. The van der Waals surface area contributed by atoms with Crippen molar-refractivity contribution in [3.63, 3.8) is 0 Å². The molecule has 4 aromatic rings. The van der Waals surface area contributed by atoms with Crippen molar-refractivity contribution < 1.29 is 9.59 Å². The van der Waals surface area contributed by atoms with Gasteiger partial charge in [-0.2, -0.15) is 5.26 Å². The molecule has 5 nitrogen and oxygen atoms in total. The summed E-state index contributed by atoms with van der Waals surface area (Å²) in [6.45, 7) is 2.81. The van der Waals surface area contributed by atoms with Crippen molar-refractivity contribution in [3.05, 3.63) is 109 Å². The van der Waals surface area contributed by atoms with Crippen LogP contribution < -0.4 is 0 Å². The summed E-state index contributed by atoms with van der Waals surface area (Å²) in [5, 5.41) is 10.3. The first-order chi connectivity index (χ1) is 17.0. The SMILES string of the molecule is Cc1c(/C=C2\SC(=O)N(Cc3ccc(I)cc3)C2=O)c2ccccc2n1Cc1ccccc1C#N. The third-order valence-corrected chi connectivity index (χ3v) is 7.78. The molecule has 0 unspecified atom stereocenters. The van der Waals surface area contributed by atoms with Gasteiger partial charge < -0.3 is 4.57 Å². The van der Waals surface area contributed by atoms with Gasteiger partial charge in [0, 0.05) is 32.3 Å². The predicted octanol–water partition coefficient (Wildman–Crippen LogP) is 6.71. The lowest BCUT2D eigenvalue weighted by Crippen LogP contribution is -2.27. The van der Waals surface area contributed by atoms with Gasteiger partial charge in [0.05, 0.1) is 23.1 Å². The summed E-state index contributed by atoms with van der Waals surface area (Å²) < 4.78 is 3.26. The molecule has 1 saturated heterocycles. The molecule has 0 radical (unpaired) electrons. The van der Waals surface area contributed by atoms with Gasteiger partial charge in [-0.3, -0.25) is 14.5 Å². The van der Waals surface area contributed by atoms with Crippen LogP contribution >= 0.6 is 34.4 Å². The fraction of sp³-hybridized carbons (Fsp3) is 0.107. The Labute approximate surface area is 221 Å². The molecule has 2 amide bonds. The van der Waals surface area contributed by atoms with Gasteiger partial charge in [0.1, 0.15) is 0 Å². The van der Waals surface area contributed by atoms with E-state index >= 15 is 0 Å². The Bertz CT molecular complexity index is 1550. The highest BCUT2D eigenvalue weighted by molar-refractivity contribution is 14.1. The minimum absolute atomic E-state index is 0.255. The van der Waals surface area contributed by atoms with Gasteiger partial charge >= 0.3 is 0 Å². The number of amides is 2. The number of nitrogens with zero attached hydrogens (tertiary/aromatic N) is 3. The van der Waals surface area contributed by atoms with Crippen LogP contribution in [0.2, 0.25) is 0 Å². The summed E-state index contributed by atoms with van der Waals surface area (Å²) in [6, 6.07) is 25.7. The third kappa shape index (κ3) is 4.51. The molecular weight excluding hydrogens is 569 g/mol. The molecule has 1 fully saturated rings. The number of para-hydroxylation sites is 1. The molecule has 0 spiro atoms. The van der Waals surface area contributed by atoms with Gasteiger partial charge in [0.25, 0.3) is 11.1 Å². The van der Waals surface area contributed by atoms with Crippen LogP contribution in [0.25, 0.3) is 17.0 Å². The lowest BCUT2D eigenvalue weighted by molar-refractivity contribution is -0.123. The minimum Gasteiger partial charge on any atom is -0.340 e. The van der Waals surface area contributed by atoms with Gasteiger partial charge in [-0.1, -0.05) is 48.5 Å². The Morgan fingerprint density at radius 3 is 2.46 bits per heavy atom. The van der Waals surface area contributed by atoms with Crippen molar-refractivity contribution in [3.8, 4) is 6.07 Å². The number of imide groups is 1. The first kappa shape index (κ1) is 23.4. The Balaban J connectivity index is 1.52. The quantitative estimate of drug-likeness (QED) is 0.192. The summed E-state index contributed by atoms with van der Waals surface area (Å²) >= 11 is 3.21. The van der Waals surface area contributed by atoms with Crippen molar-refractivity contribution in [2.24, 2.45) is 0 Å². The molecule has 1 aromatic heterocycles. The summed E-state index contributed by atoms with van der Waals surface area (Å²) in [7, 11) is 0. The minimum atomic E-state index is -0.274. The van der Waals surface area contributed by atoms with Gasteiger partial charge in [0.2, 0.25) is 0 Å². The smallest absolute Gasteiger partial charge is 0.293 e. The lowest BCUT2D eigenvalue weighted by Gasteiger charge is -2.12. The van der Waals surface area contributed by atoms with E-state index in [0.29, 0.717) is 17.0 Å². The Kier molecular flexibility index (Phi) is 6.50. The summed E-state index contributed by atoms with van der Waals surface area (Å²) in [5.74, 6) is -0.274. The van der Waals surface area contributed by atoms with Gasteiger partial charge in [-0.15, -0.1) is 0 Å². The maximum absolute atomic E-state index is 13.2. The van der Waals surface area contributed by atoms with Crippen LogP contribution in [0.3, 0.4) is 0 Å². The highest BCUT2D eigenvalue weighted by atomic mass is 127. The first-order valence-electron chi connectivity index (χ1n) is 11.0. The monoisotopic (exact) mass is 589 g/mol. The van der Waals surface area contributed by atoms with Gasteiger partial charge in [-0.05, 0) is 82.7 Å². The fourth-order valence-corrected chi connectivity index (χ4v) is 5.50. The zero-order chi connectivity index (χ0) is 24.5. The molecule has 35 heavy (non-hydrogen) atoms. The van der Waals surface area contributed by atoms with E-state index in [1.54, 1.807) is 0 Å². The number of carbonyl (C=O) groups is 2. The van der Waals surface area contributed by atoms with Crippen molar-refractivity contribution in [2.75, 3.05) is 0 Å². The molecule has 7 heteroatoms. The molecule has 172 valence electrons. The fourth-order valence-electron chi connectivity index (χ4n) is 4.32. The molecule has 1 aliphatic rings. The van der Waals surface area contributed by atoms with Crippen LogP contribution in [0.5, 0.6) is 0 Å². The van der Waals surface area contributed by atoms with E-state index in [-0.39, 0.29) is 17.7 Å². The molecule has 0 saturated carbocycles. The van der Waals surface area contributed by atoms with Crippen LogP contribution in [-0.4, -0.2) is 20.6 Å². The summed E-state index contributed by atoms with van der Waals surface area (Å²) in [6.07, 6.45) is 1.84. The zero-order valence-electron chi connectivity index (χ0n) is 18.9. The summed E-state index contributed by atoms with van der Waals surface area (Å²) in [5.41, 5.74) is 5.39. The summed E-state index contributed by atoms with van der Waals surface area (Å²) in [4.78, 5) is 27.6. The Morgan fingerprint density at radius 1 is 0.971 bits per heavy atom. The highest BCUT2D eigenvalue weighted by Gasteiger charge is 2.35. The number of carbonyl (C=O) groups excluding carboxylic acids is 2. The van der Waals surface area contributed by atoms with E-state index in [9.17, 15) is 14.9 Å². The molecule has 3 aromatic carbocycles. The number of aromatic nitrogens is 1. The second kappa shape index (κ2) is 9.72. The Morgan fingerprint density at radius 2 is 1.69 bits per heavy atom. The molecule has 5 rings (SSSR count). The van der Waals surface area contributed by atoms with Gasteiger partial charge in [-0.25, -0.2) is 0 Å². The van der Waals surface area contributed by atoms with Crippen molar-refractivity contribution in [1.29, 1.82) is 5.26 Å². The number of nitriles is 1. The van der Waals surface area contributed by atoms with E-state index in [1.807, 2.05) is 85.8 Å². The second-order valence-corrected chi connectivity index (χ2v) is 10.5. The van der Waals surface area contributed by atoms with Crippen LogP contribution in [0, 0.1) is 21.8 Å². The molecule has 0 bridgehead atoms. The van der Waals surface area contributed by atoms with E-state index in [1.165, 1.54) is 4.90 Å². The maximum Gasteiger partial charge on any atom is 0.293 e. The second-order valence-electron chi connectivity index (χ2n) is 8.27. The van der Waals surface area contributed by atoms with Gasteiger partial charge in [0.15, 0.2) is 0 Å². The highest BCUT2D eigenvalue weighted by Crippen LogP contribution is 2.36. The predicted molar refractivity (Wildman–Crippen MR) is 148 cm³/mol. The Hall–Kier alpha value is -3.35. The van der Waals surface area contributed by atoms with Crippen molar-refractivity contribution >= 4 is 62.5 Å². The molecule has 1 aliphatic heterocycles. The standard InChI is InChI=1S/C28H20IN3O2S/c1-18-24(14-26-27(33)32(28(34)35-26)16-19-10-12-22(29)13-11-19)23-8-4-5-9-25(23)31(18)17-21-7-3-2-6-20(21)15-30/h2-14H,16-17H2,1H3/b26-14-. The maximum atomic E-state index is 13.2.